The van der Waals surface area contributed by atoms with Crippen LogP contribution in [0.3, 0.4) is 0 Å². The summed E-state index contributed by atoms with van der Waals surface area (Å²) in [6.45, 7) is 6.75. The fraction of sp³-hybridized carbons (Fsp3) is 0.435. The van der Waals surface area contributed by atoms with Crippen molar-refractivity contribution in [2.24, 2.45) is 4.99 Å². The minimum atomic E-state index is 0.912. The van der Waals surface area contributed by atoms with Gasteiger partial charge in [-0.25, -0.2) is 4.99 Å². The second-order valence-corrected chi connectivity index (χ2v) is 7.79. The first-order chi connectivity index (χ1) is 12.7. The topological polar surface area (TPSA) is 24.8 Å². The van der Waals surface area contributed by atoms with Crippen LogP contribution in [0.1, 0.15) is 49.3 Å². The molecule has 0 saturated carbocycles. The lowest BCUT2D eigenvalue weighted by molar-refractivity contribution is 0.458. The maximum atomic E-state index is 6.48. The van der Waals surface area contributed by atoms with Crippen LogP contribution in [0.5, 0.6) is 11.5 Å². The smallest absolute Gasteiger partial charge is 0.158 e. The Morgan fingerprint density at radius 3 is 2.85 bits per heavy atom. The van der Waals surface area contributed by atoms with Crippen molar-refractivity contribution in [1.29, 1.82) is 0 Å². The van der Waals surface area contributed by atoms with Gasteiger partial charge in [0, 0.05) is 24.3 Å². The molecule has 0 N–H and O–H groups in total. The van der Waals surface area contributed by atoms with Crippen molar-refractivity contribution in [2.75, 3.05) is 18.0 Å². The van der Waals surface area contributed by atoms with Gasteiger partial charge in [0.05, 0.1) is 0 Å². The van der Waals surface area contributed by atoms with E-state index in [1.807, 2.05) is 0 Å². The van der Waals surface area contributed by atoms with E-state index in [2.05, 4.69) is 43.0 Å². The zero-order chi connectivity index (χ0) is 17.7. The highest BCUT2D eigenvalue weighted by Crippen LogP contribution is 2.47. The molecular weight excluding hydrogens is 320 g/mol. The molecular formula is C23H26N2O. The van der Waals surface area contributed by atoms with E-state index in [0.29, 0.717) is 0 Å². The highest BCUT2D eigenvalue weighted by molar-refractivity contribution is 5.75. The summed E-state index contributed by atoms with van der Waals surface area (Å²) in [6, 6.07) is 6.64. The van der Waals surface area contributed by atoms with Gasteiger partial charge >= 0.3 is 0 Å². The first-order valence-corrected chi connectivity index (χ1v) is 10.1. The third-order valence-corrected chi connectivity index (χ3v) is 5.91. The lowest BCUT2D eigenvalue weighted by atomic mass is 9.90. The monoisotopic (exact) mass is 346 g/mol. The molecule has 0 spiro atoms. The number of ether oxygens (including phenoxy) is 1. The molecule has 0 amide bonds. The molecule has 3 nitrogen and oxygen atoms in total. The summed E-state index contributed by atoms with van der Waals surface area (Å²) < 4.78 is 6.48. The van der Waals surface area contributed by atoms with Crippen LogP contribution < -0.4 is 20.2 Å². The number of rotatable bonds is 2. The van der Waals surface area contributed by atoms with Gasteiger partial charge in [-0.05, 0) is 73.6 Å². The molecule has 5 rings (SSSR count). The molecule has 2 aromatic rings. The van der Waals surface area contributed by atoms with E-state index in [0.717, 1.165) is 41.8 Å². The van der Waals surface area contributed by atoms with E-state index in [1.54, 1.807) is 0 Å². The Hall–Kier alpha value is -2.29. The third-order valence-electron chi connectivity index (χ3n) is 5.91. The molecule has 0 radical (unpaired) electrons. The van der Waals surface area contributed by atoms with Crippen LogP contribution in [0.15, 0.2) is 23.2 Å². The molecule has 26 heavy (non-hydrogen) atoms. The molecule has 0 atom stereocenters. The van der Waals surface area contributed by atoms with Crippen LogP contribution in [0, 0.1) is 6.92 Å². The summed E-state index contributed by atoms with van der Waals surface area (Å²) in [5.41, 5.74) is 6.60. The number of fused-ring (bicyclic) bond motifs is 3. The summed E-state index contributed by atoms with van der Waals surface area (Å²) in [6.07, 6.45) is 9.30. The Balaban J connectivity index is 1.70. The highest BCUT2D eigenvalue weighted by atomic mass is 16.5. The standard InChI is InChI=1S/C23H26N2O/c1-3-4-7-16-14-21-19(12-15(16)2)24-20-13-17-8-5-10-25-11-6-9-18(22(17)25)23(20)26-21/h7,12-14H,3-6,8-11H2,1-2H3/b16-7-. The SMILES string of the molecule is CCC/C=c1/cc2c(cc1C)=Nc1cc3c4c(c1O2)CCCN4CCC3. The molecule has 134 valence electrons. The third kappa shape index (κ3) is 2.45. The Morgan fingerprint density at radius 2 is 2.00 bits per heavy atom. The maximum absolute atomic E-state index is 6.48. The van der Waals surface area contributed by atoms with E-state index in [4.69, 9.17) is 9.73 Å². The molecule has 3 aliphatic heterocycles. The lowest BCUT2D eigenvalue weighted by Crippen LogP contribution is -2.34. The van der Waals surface area contributed by atoms with Gasteiger partial charge in [0.2, 0.25) is 0 Å². The Morgan fingerprint density at radius 1 is 1.15 bits per heavy atom. The molecule has 0 bridgehead atoms. The van der Waals surface area contributed by atoms with Gasteiger partial charge in [-0.3, -0.25) is 0 Å². The second-order valence-electron chi connectivity index (χ2n) is 7.79. The lowest BCUT2D eigenvalue weighted by Gasteiger charge is -2.38. The van der Waals surface area contributed by atoms with Crippen LogP contribution in [-0.4, -0.2) is 13.1 Å². The first-order valence-electron chi connectivity index (χ1n) is 10.1. The first kappa shape index (κ1) is 15.9. The van der Waals surface area contributed by atoms with Crippen LogP contribution in [0.4, 0.5) is 11.4 Å². The minimum Gasteiger partial charge on any atom is -0.452 e. The fourth-order valence-corrected chi connectivity index (χ4v) is 4.63. The van der Waals surface area contributed by atoms with Crippen molar-refractivity contribution in [2.45, 2.75) is 52.4 Å². The van der Waals surface area contributed by atoms with Gasteiger partial charge in [0.1, 0.15) is 11.0 Å². The van der Waals surface area contributed by atoms with Crippen LogP contribution >= 0.6 is 0 Å². The van der Waals surface area contributed by atoms with Gasteiger partial charge in [-0.1, -0.05) is 19.4 Å². The van der Waals surface area contributed by atoms with Crippen molar-refractivity contribution < 1.29 is 4.74 Å². The van der Waals surface area contributed by atoms with Crippen LogP contribution in [-0.2, 0) is 12.8 Å². The van der Waals surface area contributed by atoms with Gasteiger partial charge in [-0.15, -0.1) is 0 Å². The molecule has 2 aromatic carbocycles. The number of nitrogens with zero attached hydrogens (tertiary/aromatic N) is 2. The molecule has 3 heterocycles. The zero-order valence-corrected chi connectivity index (χ0v) is 15.8. The van der Waals surface area contributed by atoms with E-state index in [9.17, 15) is 0 Å². The molecule has 0 aliphatic carbocycles. The molecule has 0 unspecified atom stereocenters. The predicted octanol–water partition coefficient (Wildman–Crippen LogP) is 4.33. The zero-order valence-electron chi connectivity index (χ0n) is 15.8. The summed E-state index contributed by atoms with van der Waals surface area (Å²) in [4.78, 5) is 7.56. The number of unbranched alkanes of at least 4 members (excludes halogenated alkanes) is 1. The number of hydrogen-bond donors (Lipinski definition) is 0. The molecule has 0 aromatic heterocycles. The quantitative estimate of drug-likeness (QED) is 0.690. The van der Waals surface area contributed by atoms with E-state index < -0.39 is 0 Å². The van der Waals surface area contributed by atoms with E-state index >= 15 is 0 Å². The number of anilines is 1. The van der Waals surface area contributed by atoms with E-state index in [-0.39, 0.29) is 0 Å². The number of aryl methyl sites for hydroxylation is 2. The molecule has 3 heteroatoms. The fourth-order valence-electron chi connectivity index (χ4n) is 4.63. The van der Waals surface area contributed by atoms with Crippen molar-refractivity contribution in [1.82, 2.24) is 0 Å². The Bertz CT molecular complexity index is 1000. The van der Waals surface area contributed by atoms with Gasteiger partial charge in [0.15, 0.2) is 11.5 Å². The highest BCUT2D eigenvalue weighted by Gasteiger charge is 2.30. The Kier molecular flexibility index (Phi) is 3.77. The summed E-state index contributed by atoms with van der Waals surface area (Å²) in [7, 11) is 0. The van der Waals surface area contributed by atoms with Crippen molar-refractivity contribution in [3.63, 3.8) is 0 Å². The second kappa shape index (κ2) is 6.15. The molecule has 3 aliphatic rings. The minimum absolute atomic E-state index is 0.912. The summed E-state index contributed by atoms with van der Waals surface area (Å²) in [5.74, 6) is 1.92. The summed E-state index contributed by atoms with van der Waals surface area (Å²) >= 11 is 0. The molecule has 0 saturated heterocycles. The van der Waals surface area contributed by atoms with Gasteiger partial charge in [0.25, 0.3) is 0 Å². The van der Waals surface area contributed by atoms with Crippen LogP contribution in [0.25, 0.3) is 6.08 Å². The van der Waals surface area contributed by atoms with E-state index in [1.165, 1.54) is 59.9 Å². The van der Waals surface area contributed by atoms with Crippen molar-refractivity contribution in [3.05, 3.63) is 45.5 Å². The largest absolute Gasteiger partial charge is 0.452 e. The van der Waals surface area contributed by atoms with Crippen molar-refractivity contribution in [3.8, 4) is 11.5 Å². The average molecular weight is 346 g/mol. The Labute approximate surface area is 155 Å². The van der Waals surface area contributed by atoms with Crippen molar-refractivity contribution >= 4 is 17.5 Å². The molecule has 0 fully saturated rings. The normalized spacial score (nSPS) is 17.8. The number of hydrogen-bond acceptors (Lipinski definition) is 3. The maximum Gasteiger partial charge on any atom is 0.158 e. The van der Waals surface area contributed by atoms with Crippen LogP contribution in [0.2, 0.25) is 0 Å². The average Bonchev–Trinajstić information content (AvgIpc) is 2.66. The predicted molar refractivity (Wildman–Crippen MR) is 106 cm³/mol. The number of benzene rings is 2. The van der Waals surface area contributed by atoms with Gasteiger partial charge < -0.3 is 9.64 Å². The summed E-state index contributed by atoms with van der Waals surface area (Å²) in [5, 5.41) is 2.25. The van der Waals surface area contributed by atoms with Gasteiger partial charge in [-0.2, -0.15) is 0 Å².